The lowest BCUT2D eigenvalue weighted by Gasteiger charge is -2.14. The molecule has 0 radical (unpaired) electrons. The quantitative estimate of drug-likeness (QED) is 0.405. The normalized spacial score (nSPS) is 11.2. The van der Waals surface area contributed by atoms with E-state index in [-0.39, 0.29) is 11.8 Å². The van der Waals surface area contributed by atoms with Crippen LogP contribution in [0.4, 0.5) is 0 Å². The third-order valence-corrected chi connectivity index (χ3v) is 5.62. The number of imidazole rings is 1. The van der Waals surface area contributed by atoms with Crippen molar-refractivity contribution in [2.45, 2.75) is 52.6 Å². The van der Waals surface area contributed by atoms with Crippen molar-refractivity contribution in [3.8, 4) is 5.75 Å². The summed E-state index contributed by atoms with van der Waals surface area (Å²) >= 11 is 5.90. The van der Waals surface area contributed by atoms with Gasteiger partial charge < -0.3 is 14.6 Å². The topological polar surface area (TPSA) is 56.2 Å². The molecular formula is C24H30ClN3O2. The first kappa shape index (κ1) is 22.2. The summed E-state index contributed by atoms with van der Waals surface area (Å²) in [6, 6.07) is 15.5. The summed E-state index contributed by atoms with van der Waals surface area (Å²) in [4.78, 5) is 17.1. The van der Waals surface area contributed by atoms with Crippen molar-refractivity contribution >= 4 is 28.5 Å². The molecule has 1 N–H and O–H groups in total. The van der Waals surface area contributed by atoms with Gasteiger partial charge in [-0.15, -0.1) is 0 Å². The number of aromatic nitrogens is 2. The number of carbonyl (C=O) groups is 1. The molecule has 0 unspecified atom stereocenters. The third kappa shape index (κ3) is 5.76. The molecule has 160 valence electrons. The van der Waals surface area contributed by atoms with Crippen LogP contribution in [0.3, 0.4) is 0 Å². The number of para-hydroxylation sites is 2. The number of unbranched alkanes of at least 4 members (excludes halogenated alkanes) is 1. The molecule has 0 aliphatic rings. The Hall–Kier alpha value is -2.53. The zero-order valence-electron chi connectivity index (χ0n) is 17.7. The van der Waals surface area contributed by atoms with Crippen LogP contribution in [0.25, 0.3) is 11.0 Å². The maximum Gasteiger partial charge on any atom is 0.223 e. The number of aryl methyl sites for hydroxylation is 1. The maximum atomic E-state index is 12.4. The smallest absolute Gasteiger partial charge is 0.223 e. The Morgan fingerprint density at radius 1 is 1.10 bits per heavy atom. The van der Waals surface area contributed by atoms with Crippen LogP contribution in [-0.2, 0) is 17.9 Å². The van der Waals surface area contributed by atoms with Gasteiger partial charge in [0.1, 0.15) is 11.6 Å². The Morgan fingerprint density at radius 3 is 2.57 bits per heavy atom. The molecule has 0 atom stereocenters. The Morgan fingerprint density at radius 2 is 1.83 bits per heavy atom. The Balaban J connectivity index is 1.58. The second-order valence-electron chi connectivity index (χ2n) is 7.41. The van der Waals surface area contributed by atoms with Gasteiger partial charge in [0, 0.05) is 17.5 Å². The number of ether oxygens (including phenoxy) is 1. The van der Waals surface area contributed by atoms with Crippen molar-refractivity contribution in [3.63, 3.8) is 0 Å². The lowest BCUT2D eigenvalue weighted by molar-refractivity contribution is -0.125. The summed E-state index contributed by atoms with van der Waals surface area (Å²) in [5.41, 5.74) is 2.06. The first-order valence-electron chi connectivity index (χ1n) is 10.7. The van der Waals surface area contributed by atoms with Gasteiger partial charge in [-0.3, -0.25) is 4.79 Å². The second kappa shape index (κ2) is 11.0. The van der Waals surface area contributed by atoms with Crippen molar-refractivity contribution in [3.05, 3.63) is 59.4 Å². The van der Waals surface area contributed by atoms with E-state index in [1.807, 2.05) is 42.5 Å². The summed E-state index contributed by atoms with van der Waals surface area (Å²) in [6.07, 6.45) is 3.59. The second-order valence-corrected chi connectivity index (χ2v) is 7.85. The fourth-order valence-corrected chi connectivity index (χ4v) is 3.70. The van der Waals surface area contributed by atoms with Crippen LogP contribution in [0.2, 0.25) is 5.02 Å². The molecule has 0 aliphatic carbocycles. The average molecular weight is 428 g/mol. The lowest BCUT2D eigenvalue weighted by Crippen LogP contribution is -2.30. The zero-order valence-corrected chi connectivity index (χ0v) is 18.5. The van der Waals surface area contributed by atoms with Gasteiger partial charge in [-0.05, 0) is 62.1 Å². The molecule has 3 rings (SSSR count). The largest absolute Gasteiger partial charge is 0.494 e. The summed E-state index contributed by atoms with van der Waals surface area (Å²) in [5, 5.41) is 3.78. The van der Waals surface area contributed by atoms with E-state index in [0.29, 0.717) is 18.2 Å². The Labute approximate surface area is 183 Å². The highest BCUT2D eigenvalue weighted by atomic mass is 35.5. The number of hydrogen-bond donors (Lipinski definition) is 1. The summed E-state index contributed by atoms with van der Waals surface area (Å²) in [6.45, 7) is 6.03. The highest BCUT2D eigenvalue weighted by Gasteiger charge is 2.16. The fraction of sp³-hybridized carbons (Fsp3) is 0.417. The van der Waals surface area contributed by atoms with Crippen LogP contribution in [0.5, 0.6) is 5.75 Å². The van der Waals surface area contributed by atoms with Crippen molar-refractivity contribution in [1.29, 1.82) is 0 Å². The number of halogens is 1. The minimum Gasteiger partial charge on any atom is -0.494 e. The van der Waals surface area contributed by atoms with E-state index in [4.69, 9.17) is 21.3 Å². The van der Waals surface area contributed by atoms with Crippen LogP contribution in [-0.4, -0.2) is 22.1 Å². The van der Waals surface area contributed by atoms with Gasteiger partial charge in [-0.25, -0.2) is 4.98 Å². The molecule has 0 bridgehead atoms. The Kier molecular flexibility index (Phi) is 8.14. The molecule has 0 saturated carbocycles. The summed E-state index contributed by atoms with van der Waals surface area (Å²) in [5.74, 6) is 1.90. The van der Waals surface area contributed by atoms with Crippen molar-refractivity contribution in [1.82, 2.24) is 14.9 Å². The third-order valence-electron chi connectivity index (χ3n) is 5.37. The van der Waals surface area contributed by atoms with Gasteiger partial charge in [-0.1, -0.05) is 37.6 Å². The molecule has 0 saturated heterocycles. The first-order valence-corrected chi connectivity index (χ1v) is 11.1. The van der Waals surface area contributed by atoms with Crippen LogP contribution < -0.4 is 10.1 Å². The number of amides is 1. The summed E-state index contributed by atoms with van der Waals surface area (Å²) < 4.78 is 8.00. The highest BCUT2D eigenvalue weighted by molar-refractivity contribution is 6.30. The molecule has 0 aliphatic heterocycles. The average Bonchev–Trinajstić information content (AvgIpc) is 3.12. The van der Waals surface area contributed by atoms with Crippen molar-refractivity contribution in [2.24, 2.45) is 5.92 Å². The van der Waals surface area contributed by atoms with E-state index >= 15 is 0 Å². The van der Waals surface area contributed by atoms with Crippen molar-refractivity contribution < 1.29 is 9.53 Å². The predicted octanol–water partition coefficient (Wildman–Crippen LogP) is 5.60. The van der Waals surface area contributed by atoms with E-state index in [1.165, 1.54) is 0 Å². The van der Waals surface area contributed by atoms with Gasteiger partial charge in [-0.2, -0.15) is 0 Å². The van der Waals surface area contributed by atoms with Crippen molar-refractivity contribution in [2.75, 3.05) is 6.61 Å². The monoisotopic (exact) mass is 427 g/mol. The fourth-order valence-electron chi connectivity index (χ4n) is 3.57. The molecule has 1 aromatic heterocycles. The molecule has 0 spiro atoms. The van der Waals surface area contributed by atoms with E-state index in [2.05, 4.69) is 29.8 Å². The number of benzene rings is 2. The van der Waals surface area contributed by atoms with E-state index < -0.39 is 0 Å². The number of fused-ring (bicyclic) bond motifs is 1. The lowest BCUT2D eigenvalue weighted by atomic mass is 10.0. The van der Waals surface area contributed by atoms with Gasteiger partial charge in [0.05, 0.1) is 24.2 Å². The molecule has 2 aromatic carbocycles. The highest BCUT2D eigenvalue weighted by Crippen LogP contribution is 2.19. The molecule has 6 heteroatoms. The molecule has 5 nitrogen and oxygen atoms in total. The van der Waals surface area contributed by atoms with Crippen LogP contribution in [0.15, 0.2) is 48.5 Å². The SMILES string of the molecule is CCC(CC)C(=O)NCc1nc2ccccc2n1CCCCOc1ccc(Cl)cc1. The number of rotatable bonds is 11. The zero-order chi connectivity index (χ0) is 21.3. The van der Waals surface area contributed by atoms with Crippen LogP contribution >= 0.6 is 11.6 Å². The predicted molar refractivity (Wildman–Crippen MR) is 122 cm³/mol. The van der Waals surface area contributed by atoms with E-state index in [9.17, 15) is 4.79 Å². The van der Waals surface area contributed by atoms with Gasteiger partial charge >= 0.3 is 0 Å². The van der Waals surface area contributed by atoms with Gasteiger partial charge in [0.2, 0.25) is 5.91 Å². The molecule has 30 heavy (non-hydrogen) atoms. The molecule has 1 heterocycles. The maximum absolute atomic E-state index is 12.4. The standard InChI is InChI=1S/C24H30ClN3O2/c1-3-18(4-2)24(29)26-17-23-27-21-9-5-6-10-22(21)28(23)15-7-8-16-30-20-13-11-19(25)12-14-20/h5-6,9-14,18H,3-4,7-8,15-17H2,1-2H3,(H,26,29). The number of nitrogens with zero attached hydrogens (tertiary/aromatic N) is 2. The number of nitrogens with one attached hydrogen (secondary N) is 1. The van der Waals surface area contributed by atoms with Gasteiger partial charge in [0.25, 0.3) is 0 Å². The molecule has 1 amide bonds. The Bertz CT molecular complexity index is 949. The van der Waals surface area contributed by atoms with Crippen LogP contribution in [0.1, 0.15) is 45.4 Å². The molecule has 3 aromatic rings. The number of carbonyl (C=O) groups excluding carboxylic acids is 1. The number of hydrogen-bond acceptors (Lipinski definition) is 3. The van der Waals surface area contributed by atoms with Crippen LogP contribution in [0, 0.1) is 5.92 Å². The minimum atomic E-state index is 0.0628. The molecule has 0 fully saturated rings. The van der Waals surface area contributed by atoms with E-state index in [0.717, 1.165) is 54.8 Å². The molecular weight excluding hydrogens is 398 g/mol. The first-order chi connectivity index (χ1) is 14.6. The van der Waals surface area contributed by atoms with Gasteiger partial charge in [0.15, 0.2) is 0 Å². The van der Waals surface area contributed by atoms with E-state index in [1.54, 1.807) is 0 Å². The minimum absolute atomic E-state index is 0.0628. The summed E-state index contributed by atoms with van der Waals surface area (Å²) in [7, 11) is 0.